The highest BCUT2D eigenvalue weighted by Crippen LogP contribution is 2.33. The normalized spacial score (nSPS) is 11.8. The number of nitrogen functional groups attached to an aromatic ring is 1. The number of rotatable bonds is 6. The SMILES string of the molecule is CNc1ccc(C(CC(=O)OC)c2ccc(C)c(CO)c2)cc1N. The number of carbonyl (C=O) groups excluding carboxylic acids is 1. The van der Waals surface area contributed by atoms with Gasteiger partial charge in [0, 0.05) is 13.0 Å². The van der Waals surface area contributed by atoms with Gasteiger partial charge < -0.3 is 20.9 Å². The van der Waals surface area contributed by atoms with Gasteiger partial charge in [-0.1, -0.05) is 24.3 Å². The molecule has 0 aliphatic heterocycles. The zero-order valence-electron chi connectivity index (χ0n) is 14.3. The summed E-state index contributed by atoms with van der Waals surface area (Å²) in [6, 6.07) is 11.6. The molecule has 4 N–H and O–H groups in total. The summed E-state index contributed by atoms with van der Waals surface area (Å²) < 4.78 is 4.85. The molecule has 24 heavy (non-hydrogen) atoms. The van der Waals surface area contributed by atoms with Crippen LogP contribution in [0.5, 0.6) is 0 Å². The molecular weight excluding hydrogens is 304 g/mol. The molecule has 0 bridgehead atoms. The average molecular weight is 328 g/mol. The van der Waals surface area contributed by atoms with Gasteiger partial charge in [-0.3, -0.25) is 4.79 Å². The Morgan fingerprint density at radius 3 is 2.50 bits per heavy atom. The lowest BCUT2D eigenvalue weighted by molar-refractivity contribution is -0.140. The van der Waals surface area contributed by atoms with Crippen molar-refractivity contribution in [3.05, 3.63) is 58.7 Å². The number of methoxy groups -OCH3 is 1. The Labute approximate surface area is 142 Å². The van der Waals surface area contributed by atoms with E-state index in [1.165, 1.54) is 7.11 Å². The first kappa shape index (κ1) is 17.8. The molecule has 1 unspecified atom stereocenters. The van der Waals surface area contributed by atoms with Crippen LogP contribution in [0.3, 0.4) is 0 Å². The topological polar surface area (TPSA) is 84.6 Å². The fourth-order valence-electron chi connectivity index (χ4n) is 2.78. The third-order valence-electron chi connectivity index (χ3n) is 4.29. The fourth-order valence-corrected chi connectivity index (χ4v) is 2.78. The van der Waals surface area contributed by atoms with E-state index >= 15 is 0 Å². The Morgan fingerprint density at radius 1 is 1.25 bits per heavy atom. The van der Waals surface area contributed by atoms with E-state index in [1.807, 2.05) is 50.4 Å². The number of nitrogens with one attached hydrogen (secondary N) is 1. The molecule has 0 amide bonds. The van der Waals surface area contributed by atoms with Crippen LogP contribution in [0, 0.1) is 6.92 Å². The fraction of sp³-hybridized carbons (Fsp3) is 0.316. The lowest BCUT2D eigenvalue weighted by atomic mass is 9.86. The van der Waals surface area contributed by atoms with Crippen molar-refractivity contribution in [3.63, 3.8) is 0 Å². The van der Waals surface area contributed by atoms with Crippen LogP contribution in [0.2, 0.25) is 0 Å². The van der Waals surface area contributed by atoms with Crippen LogP contribution in [0.15, 0.2) is 36.4 Å². The van der Waals surface area contributed by atoms with E-state index in [2.05, 4.69) is 5.32 Å². The van der Waals surface area contributed by atoms with Gasteiger partial charge >= 0.3 is 5.97 Å². The molecule has 0 radical (unpaired) electrons. The zero-order chi connectivity index (χ0) is 17.7. The lowest BCUT2D eigenvalue weighted by Crippen LogP contribution is -2.11. The predicted octanol–water partition coefficient (Wildman–Crippen LogP) is 2.81. The van der Waals surface area contributed by atoms with Gasteiger partial charge in [0.2, 0.25) is 0 Å². The van der Waals surface area contributed by atoms with Crippen LogP contribution < -0.4 is 11.1 Å². The molecule has 0 spiro atoms. The number of esters is 1. The molecule has 0 saturated carbocycles. The quantitative estimate of drug-likeness (QED) is 0.561. The molecule has 5 nitrogen and oxygen atoms in total. The first-order chi connectivity index (χ1) is 11.5. The minimum absolute atomic E-state index is 0.0363. The minimum Gasteiger partial charge on any atom is -0.469 e. The highest BCUT2D eigenvalue weighted by molar-refractivity contribution is 5.72. The van der Waals surface area contributed by atoms with Crippen molar-refractivity contribution in [2.75, 3.05) is 25.2 Å². The van der Waals surface area contributed by atoms with Gasteiger partial charge in [0.05, 0.1) is 31.5 Å². The zero-order valence-corrected chi connectivity index (χ0v) is 14.3. The summed E-state index contributed by atoms with van der Waals surface area (Å²) in [5.74, 6) is -0.473. The van der Waals surface area contributed by atoms with Crippen molar-refractivity contribution in [2.45, 2.75) is 25.9 Å². The number of hydrogen-bond acceptors (Lipinski definition) is 5. The van der Waals surface area contributed by atoms with Crippen molar-refractivity contribution < 1.29 is 14.6 Å². The summed E-state index contributed by atoms with van der Waals surface area (Å²) in [5, 5.41) is 12.5. The van der Waals surface area contributed by atoms with Crippen LogP contribution in [0.4, 0.5) is 11.4 Å². The Bertz CT molecular complexity index is 729. The number of carbonyl (C=O) groups is 1. The highest BCUT2D eigenvalue weighted by atomic mass is 16.5. The molecular formula is C19H24N2O3. The number of aliphatic hydroxyl groups is 1. The summed E-state index contributed by atoms with van der Waals surface area (Å²) in [7, 11) is 3.19. The van der Waals surface area contributed by atoms with E-state index in [-0.39, 0.29) is 24.9 Å². The molecule has 2 aromatic carbocycles. The maximum Gasteiger partial charge on any atom is 0.306 e. The van der Waals surface area contributed by atoms with Crippen LogP contribution >= 0.6 is 0 Å². The Morgan fingerprint density at radius 2 is 1.92 bits per heavy atom. The number of ether oxygens (including phenoxy) is 1. The van der Waals surface area contributed by atoms with Crippen LogP contribution in [0.1, 0.15) is 34.6 Å². The molecule has 128 valence electrons. The van der Waals surface area contributed by atoms with Gasteiger partial charge in [0.1, 0.15) is 0 Å². The molecule has 0 aliphatic rings. The molecule has 0 saturated heterocycles. The van der Waals surface area contributed by atoms with E-state index in [0.29, 0.717) is 5.69 Å². The van der Waals surface area contributed by atoms with Crippen molar-refractivity contribution in [2.24, 2.45) is 0 Å². The maximum absolute atomic E-state index is 11.9. The largest absolute Gasteiger partial charge is 0.469 e. The van der Waals surface area contributed by atoms with E-state index in [0.717, 1.165) is 27.9 Å². The molecule has 0 fully saturated rings. The predicted molar refractivity (Wildman–Crippen MR) is 96.0 cm³/mol. The van der Waals surface area contributed by atoms with Crippen molar-refractivity contribution in [1.82, 2.24) is 0 Å². The standard InChI is InChI=1S/C19H24N2O3/c1-12-4-5-13(8-15(12)11-22)16(10-19(23)24-3)14-6-7-18(21-2)17(20)9-14/h4-9,16,21-22H,10-11,20H2,1-3H3. The molecule has 5 heteroatoms. The number of benzene rings is 2. The van der Waals surface area contributed by atoms with Crippen molar-refractivity contribution in [1.29, 1.82) is 0 Å². The highest BCUT2D eigenvalue weighted by Gasteiger charge is 2.20. The third-order valence-corrected chi connectivity index (χ3v) is 4.29. The van der Waals surface area contributed by atoms with Gasteiger partial charge in [0.25, 0.3) is 0 Å². The van der Waals surface area contributed by atoms with E-state index in [9.17, 15) is 9.90 Å². The van der Waals surface area contributed by atoms with Crippen LogP contribution in [0.25, 0.3) is 0 Å². The van der Waals surface area contributed by atoms with Gasteiger partial charge in [-0.15, -0.1) is 0 Å². The van der Waals surface area contributed by atoms with Crippen LogP contribution in [-0.4, -0.2) is 25.2 Å². The molecule has 0 heterocycles. The summed E-state index contributed by atoms with van der Waals surface area (Å²) in [6.07, 6.45) is 0.211. The van der Waals surface area contributed by atoms with E-state index in [1.54, 1.807) is 0 Å². The molecule has 0 aliphatic carbocycles. The third kappa shape index (κ3) is 3.86. The van der Waals surface area contributed by atoms with E-state index < -0.39 is 0 Å². The monoisotopic (exact) mass is 328 g/mol. The van der Waals surface area contributed by atoms with Gasteiger partial charge in [0.15, 0.2) is 0 Å². The second kappa shape index (κ2) is 7.84. The second-order valence-corrected chi connectivity index (χ2v) is 5.77. The van der Waals surface area contributed by atoms with Crippen LogP contribution in [-0.2, 0) is 16.1 Å². The molecule has 1 atom stereocenters. The lowest BCUT2D eigenvalue weighted by Gasteiger charge is -2.20. The Hall–Kier alpha value is -2.53. The van der Waals surface area contributed by atoms with Gasteiger partial charge in [-0.05, 0) is 41.3 Å². The van der Waals surface area contributed by atoms with Crippen molar-refractivity contribution >= 4 is 17.3 Å². The van der Waals surface area contributed by atoms with Gasteiger partial charge in [-0.2, -0.15) is 0 Å². The second-order valence-electron chi connectivity index (χ2n) is 5.77. The van der Waals surface area contributed by atoms with Crippen molar-refractivity contribution in [3.8, 4) is 0 Å². The summed E-state index contributed by atoms with van der Waals surface area (Å²) >= 11 is 0. The Kier molecular flexibility index (Phi) is 5.82. The first-order valence-electron chi connectivity index (χ1n) is 7.84. The molecule has 0 aromatic heterocycles. The van der Waals surface area contributed by atoms with Gasteiger partial charge in [-0.25, -0.2) is 0 Å². The smallest absolute Gasteiger partial charge is 0.306 e. The van der Waals surface area contributed by atoms with E-state index in [4.69, 9.17) is 10.5 Å². The number of hydrogen-bond donors (Lipinski definition) is 3. The number of nitrogens with two attached hydrogens (primary N) is 1. The molecule has 2 aromatic rings. The minimum atomic E-state index is -0.289. The number of anilines is 2. The average Bonchev–Trinajstić information content (AvgIpc) is 2.60. The number of aliphatic hydroxyl groups excluding tert-OH is 1. The summed E-state index contributed by atoms with van der Waals surface area (Å²) in [6.45, 7) is 1.91. The first-order valence-corrected chi connectivity index (χ1v) is 7.84. The summed E-state index contributed by atoms with van der Waals surface area (Å²) in [5.41, 5.74) is 11.3. The summed E-state index contributed by atoms with van der Waals surface area (Å²) in [4.78, 5) is 11.9. The number of aryl methyl sites for hydroxylation is 1. The molecule has 2 rings (SSSR count). The Balaban J connectivity index is 2.48. The maximum atomic E-state index is 11.9.